The van der Waals surface area contributed by atoms with Crippen molar-refractivity contribution in [1.82, 2.24) is 0 Å². The van der Waals surface area contributed by atoms with E-state index in [2.05, 4.69) is 55.4 Å². The van der Waals surface area contributed by atoms with Gasteiger partial charge in [0.05, 0.1) is 26.4 Å². The number of hydrogen-bond donors (Lipinski definition) is 3. The van der Waals surface area contributed by atoms with Crippen LogP contribution in [-0.2, 0) is 65.4 Å². The van der Waals surface area contributed by atoms with Gasteiger partial charge in [-0.2, -0.15) is 0 Å². The molecule has 6 atom stereocenters. The number of rotatable bonds is 74. The number of phosphoric ester groups is 2. The summed E-state index contributed by atoms with van der Waals surface area (Å²) >= 11 is 0. The maximum atomic E-state index is 13.1. The van der Waals surface area contributed by atoms with Gasteiger partial charge in [-0.15, -0.1) is 0 Å². The molecule has 4 unspecified atom stereocenters. The topological polar surface area (TPSA) is 237 Å². The smallest absolute Gasteiger partial charge is 0.462 e. The Morgan fingerprint density at radius 2 is 0.500 bits per heavy atom. The molecule has 19 heteroatoms. The first kappa shape index (κ1) is 94.1. The average molecular weight is 1410 g/mol. The van der Waals surface area contributed by atoms with Crippen LogP contribution in [0, 0.1) is 23.7 Å². The third-order valence-corrected chi connectivity index (χ3v) is 20.1. The molecular formula is C77H150O17P2. The standard InChI is InChI=1S/C77H150O17P2/c1-9-70(8)56-48-40-32-24-18-16-14-12-10-11-13-15-17-19-25-34-43-51-59-76(81)93-72(63-87-74(79)57-49-41-33-26-20-22-29-37-45-53-67(2)3)65-91-95(83,84)89-61-71(78)62-90-96(85,86)92-66-73(64-88-75(80)58-50-42-36-28-31-39-47-55-69(6)7)94-77(82)60-52-44-35-27-21-23-30-38-46-54-68(4)5/h67-73,78H,9-66H2,1-8H3,(H,83,84)(H,85,86)/t70?,71?,72-,73-/m1/s1. The van der Waals surface area contributed by atoms with Crippen LogP contribution in [0.4, 0.5) is 0 Å². The van der Waals surface area contributed by atoms with Crippen LogP contribution < -0.4 is 0 Å². The van der Waals surface area contributed by atoms with Crippen LogP contribution in [0.2, 0.25) is 0 Å². The van der Waals surface area contributed by atoms with Crippen LogP contribution in [0.3, 0.4) is 0 Å². The molecule has 0 saturated carbocycles. The van der Waals surface area contributed by atoms with Crippen molar-refractivity contribution in [3.8, 4) is 0 Å². The van der Waals surface area contributed by atoms with E-state index in [1.807, 2.05) is 0 Å². The number of aliphatic hydroxyl groups is 1. The van der Waals surface area contributed by atoms with Gasteiger partial charge in [-0.1, -0.05) is 338 Å². The van der Waals surface area contributed by atoms with Crippen molar-refractivity contribution < 1.29 is 80.2 Å². The van der Waals surface area contributed by atoms with Crippen LogP contribution >= 0.6 is 15.6 Å². The number of phosphoric acid groups is 2. The highest BCUT2D eigenvalue weighted by atomic mass is 31.2. The Hall–Kier alpha value is -1.94. The number of aliphatic hydroxyl groups excluding tert-OH is 1. The second-order valence-corrected chi connectivity index (χ2v) is 32.3. The van der Waals surface area contributed by atoms with E-state index in [4.69, 9.17) is 37.0 Å². The molecular weight excluding hydrogens is 1260 g/mol. The zero-order valence-electron chi connectivity index (χ0n) is 63.0. The highest BCUT2D eigenvalue weighted by Gasteiger charge is 2.30. The Bertz CT molecular complexity index is 1890. The van der Waals surface area contributed by atoms with Crippen molar-refractivity contribution in [1.29, 1.82) is 0 Å². The van der Waals surface area contributed by atoms with Gasteiger partial charge in [0, 0.05) is 25.7 Å². The van der Waals surface area contributed by atoms with Gasteiger partial charge in [0.25, 0.3) is 0 Å². The molecule has 17 nitrogen and oxygen atoms in total. The summed E-state index contributed by atoms with van der Waals surface area (Å²) in [6, 6.07) is 0. The Balaban J connectivity index is 5.19. The number of carbonyl (C=O) groups excluding carboxylic acids is 4. The summed E-state index contributed by atoms with van der Waals surface area (Å²) in [6.45, 7) is 14.2. The molecule has 96 heavy (non-hydrogen) atoms. The van der Waals surface area contributed by atoms with E-state index in [0.29, 0.717) is 31.6 Å². The SMILES string of the molecule is CCC(C)CCCCCCCCCCCCCCCCCCCCC(=O)O[C@H](COC(=O)CCCCCCCCCCCC(C)C)COP(=O)(O)OCC(O)COP(=O)(O)OC[C@@H](COC(=O)CCCCCCCCCC(C)C)OC(=O)CCCCCCCCCCCC(C)C. The fourth-order valence-electron chi connectivity index (χ4n) is 11.7. The Labute approximate surface area is 588 Å². The van der Waals surface area contributed by atoms with Gasteiger partial charge in [-0.05, 0) is 49.4 Å². The Morgan fingerprint density at radius 1 is 0.292 bits per heavy atom. The van der Waals surface area contributed by atoms with Crippen molar-refractivity contribution >= 4 is 39.5 Å². The predicted octanol–water partition coefficient (Wildman–Crippen LogP) is 22.4. The molecule has 0 aliphatic rings. The lowest BCUT2D eigenvalue weighted by atomic mass is 9.99. The largest absolute Gasteiger partial charge is 0.472 e. The van der Waals surface area contributed by atoms with Crippen molar-refractivity contribution in [3.63, 3.8) is 0 Å². The summed E-state index contributed by atoms with van der Waals surface area (Å²) in [5.41, 5.74) is 0. The number of carbonyl (C=O) groups is 4. The first-order valence-corrected chi connectivity index (χ1v) is 42.7. The molecule has 0 aromatic rings. The fraction of sp³-hybridized carbons (Fsp3) is 0.948. The Kier molecular flexibility index (Phi) is 65.0. The number of hydrogen-bond acceptors (Lipinski definition) is 15. The maximum Gasteiger partial charge on any atom is 0.472 e. The molecule has 0 heterocycles. The fourth-order valence-corrected chi connectivity index (χ4v) is 13.3. The lowest BCUT2D eigenvalue weighted by Gasteiger charge is -2.21. The molecule has 0 aliphatic heterocycles. The van der Waals surface area contributed by atoms with Crippen LogP contribution in [0.1, 0.15) is 389 Å². The third-order valence-electron chi connectivity index (χ3n) is 18.2. The summed E-state index contributed by atoms with van der Waals surface area (Å²) in [7, 11) is -9.91. The zero-order valence-corrected chi connectivity index (χ0v) is 64.8. The average Bonchev–Trinajstić information content (AvgIpc) is 1.57. The van der Waals surface area contributed by atoms with Gasteiger partial charge in [0.1, 0.15) is 19.3 Å². The van der Waals surface area contributed by atoms with E-state index in [1.54, 1.807) is 0 Å². The van der Waals surface area contributed by atoms with E-state index in [1.165, 1.54) is 186 Å². The lowest BCUT2D eigenvalue weighted by molar-refractivity contribution is -0.161. The van der Waals surface area contributed by atoms with E-state index in [9.17, 15) is 43.2 Å². The minimum absolute atomic E-state index is 0.104. The van der Waals surface area contributed by atoms with Crippen molar-refractivity contribution in [2.75, 3.05) is 39.6 Å². The van der Waals surface area contributed by atoms with E-state index < -0.39 is 97.5 Å². The first-order chi connectivity index (χ1) is 46.1. The van der Waals surface area contributed by atoms with Crippen LogP contribution in [0.5, 0.6) is 0 Å². The van der Waals surface area contributed by atoms with Gasteiger partial charge in [0.2, 0.25) is 0 Å². The summed E-state index contributed by atoms with van der Waals surface area (Å²) in [6.07, 6.45) is 51.5. The van der Waals surface area contributed by atoms with E-state index in [-0.39, 0.29) is 25.7 Å². The molecule has 0 amide bonds. The summed E-state index contributed by atoms with van der Waals surface area (Å²) in [4.78, 5) is 72.8. The molecule has 0 aliphatic carbocycles. The summed E-state index contributed by atoms with van der Waals surface area (Å²) in [5.74, 6) is 0.934. The summed E-state index contributed by atoms with van der Waals surface area (Å²) < 4.78 is 68.5. The normalized spacial score (nSPS) is 14.4. The predicted molar refractivity (Wildman–Crippen MR) is 391 cm³/mol. The second-order valence-electron chi connectivity index (χ2n) is 29.4. The Morgan fingerprint density at radius 3 is 0.740 bits per heavy atom. The molecule has 0 aromatic heterocycles. The van der Waals surface area contributed by atoms with Gasteiger partial charge in [-0.3, -0.25) is 37.3 Å². The molecule has 0 fully saturated rings. The highest BCUT2D eigenvalue weighted by molar-refractivity contribution is 7.47. The highest BCUT2D eigenvalue weighted by Crippen LogP contribution is 2.45. The minimum atomic E-state index is -4.96. The third kappa shape index (κ3) is 69.2. The van der Waals surface area contributed by atoms with Crippen LogP contribution in [0.15, 0.2) is 0 Å². The number of ether oxygens (including phenoxy) is 4. The quantitative estimate of drug-likeness (QED) is 0.0222. The summed E-state index contributed by atoms with van der Waals surface area (Å²) in [5, 5.41) is 10.6. The number of esters is 4. The van der Waals surface area contributed by atoms with E-state index >= 15 is 0 Å². The minimum Gasteiger partial charge on any atom is -0.462 e. The molecule has 570 valence electrons. The molecule has 0 aromatic carbocycles. The molecule has 0 saturated heterocycles. The number of unbranched alkanes of at least 4 members (excludes halogenated alkanes) is 39. The van der Waals surface area contributed by atoms with Crippen LogP contribution in [0.25, 0.3) is 0 Å². The molecule has 0 bridgehead atoms. The van der Waals surface area contributed by atoms with Gasteiger partial charge >= 0.3 is 39.5 Å². The van der Waals surface area contributed by atoms with Gasteiger partial charge < -0.3 is 33.8 Å². The van der Waals surface area contributed by atoms with Crippen molar-refractivity contribution in [3.05, 3.63) is 0 Å². The second kappa shape index (κ2) is 66.3. The van der Waals surface area contributed by atoms with Crippen molar-refractivity contribution in [2.24, 2.45) is 23.7 Å². The monoisotopic (exact) mass is 1410 g/mol. The van der Waals surface area contributed by atoms with Crippen molar-refractivity contribution in [2.45, 2.75) is 408 Å². The van der Waals surface area contributed by atoms with Crippen LogP contribution in [-0.4, -0.2) is 96.7 Å². The lowest BCUT2D eigenvalue weighted by Crippen LogP contribution is -2.30. The molecule has 0 rings (SSSR count). The van der Waals surface area contributed by atoms with E-state index in [0.717, 1.165) is 114 Å². The molecule has 0 spiro atoms. The molecule has 0 radical (unpaired) electrons. The maximum absolute atomic E-state index is 13.1. The first-order valence-electron chi connectivity index (χ1n) is 39.7. The van der Waals surface area contributed by atoms with Gasteiger partial charge in [-0.25, -0.2) is 9.13 Å². The zero-order chi connectivity index (χ0) is 71.0. The van der Waals surface area contributed by atoms with Gasteiger partial charge in [0.15, 0.2) is 12.2 Å². The molecule has 3 N–H and O–H groups in total.